The maximum absolute atomic E-state index is 9.00. The number of rotatable bonds is 4. The van der Waals surface area contributed by atoms with E-state index in [9.17, 15) is 0 Å². The molecule has 0 radical (unpaired) electrons. The van der Waals surface area contributed by atoms with Gasteiger partial charge in [0.2, 0.25) is 0 Å². The largest absolute Gasteiger partial charge is 0.481 e. The zero-order chi connectivity index (χ0) is 10.9. The van der Waals surface area contributed by atoms with Gasteiger partial charge in [-0.05, 0) is 19.3 Å². The fourth-order valence-electron chi connectivity index (χ4n) is 0.474. The van der Waals surface area contributed by atoms with Gasteiger partial charge in [-0.25, -0.2) is 0 Å². The second-order valence-electron chi connectivity index (χ2n) is 3.17. The predicted molar refractivity (Wildman–Crippen MR) is 50.4 cm³/mol. The lowest BCUT2D eigenvalue weighted by Crippen LogP contribution is -2.08. The molecule has 80 valence electrons. The van der Waals surface area contributed by atoms with Crippen molar-refractivity contribution in [2.45, 2.75) is 40.4 Å². The van der Waals surface area contributed by atoms with Crippen LogP contribution in [0.5, 0.6) is 0 Å². The smallest absolute Gasteiger partial charge is 0.300 e. The van der Waals surface area contributed by atoms with Crippen LogP contribution in [0.2, 0.25) is 0 Å². The number of aliphatic hydroxyl groups is 1. The minimum Gasteiger partial charge on any atom is -0.481 e. The zero-order valence-electron chi connectivity index (χ0n) is 8.78. The van der Waals surface area contributed by atoms with Crippen LogP contribution in [-0.2, 0) is 9.53 Å². The van der Waals surface area contributed by atoms with Gasteiger partial charge in [-0.1, -0.05) is 13.8 Å². The molecule has 0 aromatic heterocycles. The Labute approximate surface area is 79.5 Å². The van der Waals surface area contributed by atoms with Crippen LogP contribution in [0.25, 0.3) is 0 Å². The van der Waals surface area contributed by atoms with E-state index in [4.69, 9.17) is 19.7 Å². The van der Waals surface area contributed by atoms with Gasteiger partial charge in [0.25, 0.3) is 5.97 Å². The van der Waals surface area contributed by atoms with E-state index in [-0.39, 0.29) is 0 Å². The molecular formula is C9H20O4. The highest BCUT2D eigenvalue weighted by Crippen LogP contribution is 1.99. The van der Waals surface area contributed by atoms with Crippen LogP contribution in [0.3, 0.4) is 0 Å². The zero-order valence-corrected chi connectivity index (χ0v) is 8.78. The Morgan fingerprint density at radius 1 is 1.38 bits per heavy atom. The Bertz CT molecular complexity index is 109. The number of aliphatic carboxylic acids is 1. The average molecular weight is 192 g/mol. The normalized spacial score (nSPS) is 11.8. The number of carboxylic acids is 1. The fourth-order valence-corrected chi connectivity index (χ4v) is 0.474. The van der Waals surface area contributed by atoms with Crippen LogP contribution in [0, 0.1) is 5.92 Å². The summed E-state index contributed by atoms with van der Waals surface area (Å²) in [5, 5.41) is 16.1. The van der Waals surface area contributed by atoms with E-state index in [1.807, 2.05) is 0 Å². The predicted octanol–water partition coefficient (Wildman–Crippen LogP) is 1.48. The monoisotopic (exact) mass is 192 g/mol. The van der Waals surface area contributed by atoms with Gasteiger partial charge >= 0.3 is 0 Å². The van der Waals surface area contributed by atoms with E-state index < -0.39 is 12.3 Å². The minimum atomic E-state index is -0.833. The van der Waals surface area contributed by atoms with Crippen molar-refractivity contribution in [2.24, 2.45) is 5.92 Å². The van der Waals surface area contributed by atoms with Crippen molar-refractivity contribution in [3.63, 3.8) is 0 Å². The van der Waals surface area contributed by atoms with Crippen LogP contribution in [0.15, 0.2) is 0 Å². The summed E-state index contributed by atoms with van der Waals surface area (Å²) in [5.74, 6) is -0.177. The van der Waals surface area contributed by atoms with Crippen molar-refractivity contribution in [3.8, 4) is 0 Å². The highest BCUT2D eigenvalue weighted by Gasteiger charge is 1.96. The van der Waals surface area contributed by atoms with Gasteiger partial charge < -0.3 is 14.9 Å². The van der Waals surface area contributed by atoms with E-state index in [0.29, 0.717) is 12.5 Å². The first-order valence-corrected chi connectivity index (χ1v) is 4.35. The van der Waals surface area contributed by atoms with Gasteiger partial charge in [0.05, 0.1) is 0 Å². The molecule has 0 aliphatic carbocycles. The summed E-state index contributed by atoms with van der Waals surface area (Å²) in [6.45, 7) is 7.63. The maximum Gasteiger partial charge on any atom is 0.300 e. The van der Waals surface area contributed by atoms with Crippen molar-refractivity contribution in [1.82, 2.24) is 0 Å². The molecule has 0 spiro atoms. The molecule has 0 aliphatic heterocycles. The molecule has 0 amide bonds. The lowest BCUT2D eigenvalue weighted by molar-refractivity contribution is -0.134. The number of carbonyl (C=O) groups is 1. The Morgan fingerprint density at radius 3 is 2.00 bits per heavy atom. The lowest BCUT2D eigenvalue weighted by atomic mass is 10.1. The minimum absolute atomic E-state index is 0.608. The Morgan fingerprint density at radius 2 is 1.77 bits per heavy atom. The quantitative estimate of drug-likeness (QED) is 0.662. The molecule has 0 rings (SSSR count). The maximum atomic E-state index is 9.00. The Hall–Kier alpha value is -0.610. The van der Waals surface area contributed by atoms with Crippen LogP contribution in [-0.4, -0.2) is 29.1 Å². The molecule has 4 heteroatoms. The second-order valence-corrected chi connectivity index (χ2v) is 3.17. The topological polar surface area (TPSA) is 66.8 Å². The molecule has 0 saturated heterocycles. The molecule has 2 N–H and O–H groups in total. The van der Waals surface area contributed by atoms with Crippen LogP contribution in [0.4, 0.5) is 0 Å². The molecule has 1 atom stereocenters. The molecule has 0 saturated carbocycles. The average Bonchev–Trinajstić information content (AvgIpc) is 1.83. The van der Waals surface area contributed by atoms with Gasteiger partial charge in [0, 0.05) is 13.5 Å². The fraction of sp³-hybridized carbons (Fsp3) is 0.889. The third kappa shape index (κ3) is 34.6. The summed E-state index contributed by atoms with van der Waals surface area (Å²) in [4.78, 5) is 9.00. The first kappa shape index (κ1) is 14.9. The molecule has 13 heavy (non-hydrogen) atoms. The molecule has 0 heterocycles. The molecule has 0 aromatic rings. The summed E-state index contributed by atoms with van der Waals surface area (Å²) in [6, 6.07) is 0. The first-order chi connectivity index (χ1) is 5.86. The molecule has 0 fully saturated rings. The highest BCUT2D eigenvalue weighted by atomic mass is 16.6. The first-order valence-electron chi connectivity index (χ1n) is 4.35. The summed E-state index contributed by atoms with van der Waals surface area (Å²) in [7, 11) is 0. The van der Waals surface area contributed by atoms with E-state index in [1.54, 1.807) is 6.92 Å². The van der Waals surface area contributed by atoms with E-state index >= 15 is 0 Å². The molecule has 0 aliphatic rings. The second kappa shape index (κ2) is 9.48. The van der Waals surface area contributed by atoms with E-state index in [2.05, 4.69) is 13.8 Å². The van der Waals surface area contributed by atoms with Gasteiger partial charge in [-0.3, -0.25) is 4.79 Å². The number of aliphatic hydroxyl groups excluding tert-OH is 1. The van der Waals surface area contributed by atoms with Gasteiger partial charge in [0.15, 0.2) is 6.29 Å². The summed E-state index contributed by atoms with van der Waals surface area (Å²) < 4.78 is 4.91. The van der Waals surface area contributed by atoms with Crippen molar-refractivity contribution < 1.29 is 19.7 Å². The number of ether oxygens (including phenoxy) is 1. The number of carboxylic acid groups (broad SMARTS) is 1. The standard InChI is InChI=1S/C7H16O2.C2H4O2/c1-6(2)4-5-9-7(3)8;1-2(3)4/h6-8H,4-5H2,1-3H3;1H3,(H,3,4). The van der Waals surface area contributed by atoms with Gasteiger partial charge in [-0.2, -0.15) is 0 Å². The third-order valence-corrected chi connectivity index (χ3v) is 1.05. The molecule has 0 aromatic carbocycles. The Kier molecular flexibility index (Phi) is 10.9. The van der Waals surface area contributed by atoms with Crippen molar-refractivity contribution in [2.75, 3.05) is 6.61 Å². The Balaban J connectivity index is 0. The molecular weight excluding hydrogens is 172 g/mol. The SMILES string of the molecule is CC(=O)O.CC(C)CCOC(C)O. The van der Waals surface area contributed by atoms with Crippen molar-refractivity contribution in [3.05, 3.63) is 0 Å². The molecule has 1 unspecified atom stereocenters. The summed E-state index contributed by atoms with van der Waals surface area (Å²) in [6.07, 6.45) is 0.411. The summed E-state index contributed by atoms with van der Waals surface area (Å²) >= 11 is 0. The van der Waals surface area contributed by atoms with Crippen molar-refractivity contribution in [1.29, 1.82) is 0 Å². The number of hydrogen-bond donors (Lipinski definition) is 2. The third-order valence-electron chi connectivity index (χ3n) is 1.05. The van der Waals surface area contributed by atoms with Crippen LogP contribution < -0.4 is 0 Å². The van der Waals surface area contributed by atoms with E-state index in [0.717, 1.165) is 13.3 Å². The van der Waals surface area contributed by atoms with Crippen LogP contribution in [0.1, 0.15) is 34.1 Å². The summed E-state index contributed by atoms with van der Waals surface area (Å²) in [5.41, 5.74) is 0. The lowest BCUT2D eigenvalue weighted by Gasteiger charge is -2.07. The number of hydrogen-bond acceptors (Lipinski definition) is 3. The van der Waals surface area contributed by atoms with Gasteiger partial charge in [0.1, 0.15) is 0 Å². The van der Waals surface area contributed by atoms with Crippen LogP contribution >= 0.6 is 0 Å². The molecule has 0 bridgehead atoms. The molecule has 4 nitrogen and oxygen atoms in total. The van der Waals surface area contributed by atoms with E-state index in [1.165, 1.54) is 0 Å². The highest BCUT2D eigenvalue weighted by molar-refractivity contribution is 5.62. The van der Waals surface area contributed by atoms with Gasteiger partial charge in [-0.15, -0.1) is 0 Å². The van der Waals surface area contributed by atoms with Crippen molar-refractivity contribution >= 4 is 5.97 Å².